The molecule has 0 amide bonds. The molecule has 0 saturated heterocycles. The van der Waals surface area contributed by atoms with Crippen LogP contribution in [0.1, 0.15) is 69.7 Å². The van der Waals surface area contributed by atoms with Gasteiger partial charge in [0.2, 0.25) is 5.78 Å². The first kappa shape index (κ1) is 27.3. The van der Waals surface area contributed by atoms with Crippen LogP contribution in [0.3, 0.4) is 0 Å². The maximum absolute atomic E-state index is 13.1. The highest BCUT2D eigenvalue weighted by Gasteiger charge is 2.28. The Balaban J connectivity index is 0.00000210. The molecule has 1 aliphatic rings. The largest absolute Gasteiger partial charge is 0.335 e. The van der Waals surface area contributed by atoms with Crippen molar-refractivity contribution in [3.63, 3.8) is 0 Å². The smallest absolute Gasteiger partial charge is 0.318 e. The number of Topliss-reactive ketones (excluding diaryl/α,β-unsaturated/α-hetero) is 1. The maximum Gasteiger partial charge on any atom is 0.335 e. The number of hydrogen-bond acceptors (Lipinski definition) is 8. The topological polar surface area (TPSA) is 142 Å². The molecule has 2 aromatic carbocycles. The molecule has 10 nitrogen and oxygen atoms in total. The van der Waals surface area contributed by atoms with Crippen LogP contribution < -0.4 is 0 Å². The minimum absolute atomic E-state index is 0.0950. The highest BCUT2D eigenvalue weighted by atomic mass is 16.7. The zero-order valence-corrected chi connectivity index (χ0v) is 20.1. The Morgan fingerprint density at radius 2 is 1.63 bits per heavy atom. The SMILES string of the molecule is CC.CCCC(=O)O/N=C(\C(=O)c1ccc(-c2ccc([N+](=O)[O-])cc2[N+](=O)[O-])cc1)C1CCCC1. The lowest BCUT2D eigenvalue weighted by molar-refractivity contribution is -0.393. The molecule has 0 spiro atoms. The second-order valence-corrected chi connectivity index (χ2v) is 7.79. The Morgan fingerprint density at radius 1 is 1.00 bits per heavy atom. The summed E-state index contributed by atoms with van der Waals surface area (Å²) in [5.41, 5.74) is 0.350. The van der Waals surface area contributed by atoms with Crippen LogP contribution in [0.5, 0.6) is 0 Å². The molecule has 0 aliphatic heterocycles. The third-order valence-corrected chi connectivity index (χ3v) is 5.52. The van der Waals surface area contributed by atoms with Gasteiger partial charge >= 0.3 is 5.97 Å². The highest BCUT2D eigenvalue weighted by Crippen LogP contribution is 2.33. The molecule has 1 fully saturated rings. The van der Waals surface area contributed by atoms with Crippen LogP contribution in [-0.2, 0) is 9.63 Å². The number of nitrogens with zero attached hydrogens (tertiary/aromatic N) is 3. The number of nitro benzene ring substituents is 2. The van der Waals surface area contributed by atoms with Gasteiger partial charge in [-0.1, -0.05) is 63.0 Å². The van der Waals surface area contributed by atoms with Crippen LogP contribution in [0.4, 0.5) is 11.4 Å². The lowest BCUT2D eigenvalue weighted by Gasteiger charge is -2.12. The Labute approximate surface area is 203 Å². The fourth-order valence-electron chi connectivity index (χ4n) is 3.83. The molecule has 0 unspecified atom stereocenters. The molecule has 1 saturated carbocycles. The minimum atomic E-state index is -0.699. The monoisotopic (exact) mass is 483 g/mol. The average Bonchev–Trinajstić information content (AvgIpc) is 3.40. The first-order valence-corrected chi connectivity index (χ1v) is 11.7. The van der Waals surface area contributed by atoms with Crippen molar-refractivity contribution in [2.45, 2.75) is 59.3 Å². The van der Waals surface area contributed by atoms with E-state index in [1.165, 1.54) is 36.4 Å². The van der Waals surface area contributed by atoms with E-state index >= 15 is 0 Å². The van der Waals surface area contributed by atoms with Gasteiger partial charge in [-0.25, -0.2) is 4.79 Å². The molecule has 2 aromatic rings. The van der Waals surface area contributed by atoms with Gasteiger partial charge in [0, 0.05) is 24.0 Å². The van der Waals surface area contributed by atoms with Gasteiger partial charge in [0.25, 0.3) is 11.4 Å². The van der Waals surface area contributed by atoms with Gasteiger partial charge in [-0.2, -0.15) is 0 Å². The molecule has 0 aromatic heterocycles. The van der Waals surface area contributed by atoms with Crippen molar-refractivity contribution in [1.82, 2.24) is 0 Å². The van der Waals surface area contributed by atoms with E-state index in [9.17, 15) is 29.8 Å². The van der Waals surface area contributed by atoms with Gasteiger partial charge in [0.15, 0.2) is 0 Å². The number of carbonyl (C=O) groups is 2. The molecular weight excluding hydrogens is 454 g/mol. The highest BCUT2D eigenvalue weighted by molar-refractivity contribution is 6.46. The number of non-ortho nitro benzene ring substituents is 1. The Kier molecular flexibility index (Phi) is 10.2. The fourth-order valence-corrected chi connectivity index (χ4v) is 3.83. The van der Waals surface area contributed by atoms with Crippen LogP contribution in [0.25, 0.3) is 11.1 Å². The molecule has 0 heterocycles. The standard InChI is InChI=1S/C23H23N3O7.C2H6/c1-2-5-21(27)33-24-22(16-6-3-4-7-16)23(28)17-10-8-15(9-11-17)19-13-12-18(25(29)30)14-20(19)26(31)32;1-2/h8-14,16H,2-7H2,1H3;1-2H3/b24-22-;. The number of oxime groups is 1. The number of hydrogen-bond donors (Lipinski definition) is 0. The third-order valence-electron chi connectivity index (χ3n) is 5.52. The Bertz CT molecular complexity index is 1100. The van der Waals surface area contributed by atoms with E-state index in [0.717, 1.165) is 31.7 Å². The van der Waals surface area contributed by atoms with Gasteiger partial charge < -0.3 is 4.84 Å². The van der Waals surface area contributed by atoms with E-state index in [1.54, 1.807) is 0 Å². The minimum Gasteiger partial charge on any atom is -0.318 e. The van der Waals surface area contributed by atoms with Gasteiger partial charge in [-0.15, -0.1) is 0 Å². The molecule has 0 bridgehead atoms. The molecule has 0 radical (unpaired) electrons. The van der Waals surface area contributed by atoms with Crippen molar-refractivity contribution >= 4 is 28.8 Å². The quantitative estimate of drug-likeness (QED) is 0.134. The zero-order chi connectivity index (χ0) is 26.0. The summed E-state index contributed by atoms with van der Waals surface area (Å²) in [5.74, 6) is -0.958. The Morgan fingerprint density at radius 3 is 2.17 bits per heavy atom. The van der Waals surface area contributed by atoms with Gasteiger partial charge in [-0.3, -0.25) is 25.0 Å². The first-order valence-electron chi connectivity index (χ1n) is 11.7. The molecule has 10 heteroatoms. The van der Waals surface area contributed by atoms with Crippen molar-refractivity contribution in [1.29, 1.82) is 0 Å². The van der Waals surface area contributed by atoms with E-state index in [-0.39, 0.29) is 35.1 Å². The first-order chi connectivity index (χ1) is 16.8. The van der Waals surface area contributed by atoms with E-state index in [1.807, 2.05) is 20.8 Å². The second-order valence-electron chi connectivity index (χ2n) is 7.79. The van der Waals surface area contributed by atoms with Gasteiger partial charge in [0.05, 0.1) is 21.5 Å². The van der Waals surface area contributed by atoms with Crippen LogP contribution in [0, 0.1) is 26.1 Å². The summed E-state index contributed by atoms with van der Waals surface area (Å²) >= 11 is 0. The number of rotatable bonds is 9. The molecular formula is C25H29N3O7. The molecule has 0 N–H and O–H groups in total. The summed E-state index contributed by atoms with van der Waals surface area (Å²) in [6.45, 7) is 5.84. The normalized spacial score (nSPS) is 13.5. The van der Waals surface area contributed by atoms with E-state index in [2.05, 4.69) is 5.16 Å². The number of benzene rings is 2. The summed E-state index contributed by atoms with van der Waals surface area (Å²) < 4.78 is 0. The summed E-state index contributed by atoms with van der Waals surface area (Å²) in [5, 5.41) is 26.3. The van der Waals surface area contributed by atoms with Gasteiger partial charge in [-0.05, 0) is 30.9 Å². The summed E-state index contributed by atoms with van der Waals surface area (Å²) in [6, 6.07) is 9.52. The summed E-state index contributed by atoms with van der Waals surface area (Å²) in [4.78, 5) is 50.8. The van der Waals surface area contributed by atoms with Crippen LogP contribution in [0.15, 0.2) is 47.6 Å². The number of nitro groups is 2. The van der Waals surface area contributed by atoms with Crippen LogP contribution in [-0.4, -0.2) is 27.3 Å². The average molecular weight is 484 g/mol. The van der Waals surface area contributed by atoms with Crippen molar-refractivity contribution in [3.05, 3.63) is 68.3 Å². The second kappa shape index (κ2) is 13.1. The van der Waals surface area contributed by atoms with Crippen molar-refractivity contribution < 1.29 is 24.3 Å². The number of carbonyl (C=O) groups excluding carboxylic acids is 2. The Hall–Kier alpha value is -3.95. The fraction of sp³-hybridized carbons (Fsp3) is 0.400. The zero-order valence-electron chi connectivity index (χ0n) is 20.1. The van der Waals surface area contributed by atoms with E-state index in [0.29, 0.717) is 17.5 Å². The predicted molar refractivity (Wildman–Crippen MR) is 131 cm³/mol. The predicted octanol–water partition coefficient (Wildman–Crippen LogP) is 6.27. The molecule has 1 aliphatic carbocycles. The van der Waals surface area contributed by atoms with E-state index in [4.69, 9.17) is 4.84 Å². The number of ketones is 1. The maximum atomic E-state index is 13.1. The summed E-state index contributed by atoms with van der Waals surface area (Å²) in [7, 11) is 0. The van der Waals surface area contributed by atoms with Gasteiger partial charge in [0.1, 0.15) is 5.71 Å². The molecule has 186 valence electrons. The van der Waals surface area contributed by atoms with Crippen LogP contribution >= 0.6 is 0 Å². The van der Waals surface area contributed by atoms with Crippen molar-refractivity contribution in [2.75, 3.05) is 0 Å². The van der Waals surface area contributed by atoms with E-state index < -0.39 is 21.5 Å². The van der Waals surface area contributed by atoms with Crippen LogP contribution in [0.2, 0.25) is 0 Å². The lowest BCUT2D eigenvalue weighted by Crippen LogP contribution is -2.23. The van der Waals surface area contributed by atoms with Crippen molar-refractivity contribution in [3.8, 4) is 11.1 Å². The third kappa shape index (κ3) is 7.02. The molecule has 0 atom stereocenters. The van der Waals surface area contributed by atoms with Crippen molar-refractivity contribution in [2.24, 2.45) is 11.1 Å². The molecule has 35 heavy (non-hydrogen) atoms. The summed E-state index contributed by atoms with van der Waals surface area (Å²) in [6.07, 6.45) is 4.30. The molecule has 3 rings (SSSR count). The lowest BCUT2D eigenvalue weighted by atomic mass is 9.93.